The Balaban J connectivity index is 1.53. The zero-order valence-corrected chi connectivity index (χ0v) is 26.2. The van der Waals surface area contributed by atoms with E-state index in [1.54, 1.807) is 6.92 Å². The van der Waals surface area contributed by atoms with Crippen molar-refractivity contribution in [3.8, 4) is 0 Å². The predicted molar refractivity (Wildman–Crippen MR) is 154 cm³/mol. The maximum atomic E-state index is 14.4. The number of rotatable bonds is 5. The Labute approximate surface area is 257 Å². The standard InChI is InChI=1S/C34H42O10/c1-14-10-23-28(24(41-19(6)36)12-21(14)9-8-16(3)35)34(32(40)44-23)13-33-15(2)11-22-25(17(4)31(39)43-22)29(38)26(33)18(5)27(34)30(33)42-20(7)37/h12,14-15,22-25,27-30,38H,4,8-11,13H2,1-3,5-7H3/t14-,15-,22-,23+,24-,25+,27-,28+,29-,30-,33-,34+/m0/s1. The highest BCUT2D eigenvalue weighted by molar-refractivity contribution is 5.91. The molecule has 0 aromatic carbocycles. The van der Waals surface area contributed by atoms with Crippen LogP contribution in [-0.4, -0.2) is 65.3 Å². The van der Waals surface area contributed by atoms with Crippen molar-refractivity contribution in [3.05, 3.63) is 34.9 Å². The summed E-state index contributed by atoms with van der Waals surface area (Å²) in [6, 6.07) is 0. The van der Waals surface area contributed by atoms with E-state index >= 15 is 0 Å². The van der Waals surface area contributed by atoms with Crippen LogP contribution >= 0.6 is 0 Å². The number of carbonyl (C=O) groups is 5. The van der Waals surface area contributed by atoms with Crippen LogP contribution in [0.15, 0.2) is 34.9 Å². The van der Waals surface area contributed by atoms with Crippen molar-refractivity contribution < 1.29 is 48.0 Å². The lowest BCUT2D eigenvalue weighted by molar-refractivity contribution is -0.157. The SMILES string of the molecule is C=C1C(=O)O[C@H]2C[C@H](C)[C@@]34C[C@@]5(C(=O)O[C@@H]6C[C@H](C)C(CCC(C)=O)=C[C@H](OC(C)=O)[C@@H]65)[C@@H](C(C)=C3[C@@H](O)[C@H]12)[C@@H]4OC(C)=O. The maximum absolute atomic E-state index is 14.4. The second-order valence-corrected chi connectivity index (χ2v) is 14.1. The minimum Gasteiger partial charge on any atom is -0.461 e. The normalized spacial score (nSPS) is 43.8. The van der Waals surface area contributed by atoms with Crippen LogP contribution < -0.4 is 0 Å². The van der Waals surface area contributed by atoms with Gasteiger partial charge in [-0.1, -0.05) is 31.6 Å². The molecule has 2 bridgehead atoms. The van der Waals surface area contributed by atoms with E-state index in [0.29, 0.717) is 31.3 Å². The predicted octanol–water partition coefficient (Wildman–Crippen LogP) is 3.55. The molecule has 4 fully saturated rings. The van der Waals surface area contributed by atoms with Gasteiger partial charge in [0.05, 0.1) is 23.4 Å². The number of aliphatic hydroxyl groups is 1. The summed E-state index contributed by atoms with van der Waals surface area (Å²) in [5.41, 5.74) is 0.427. The van der Waals surface area contributed by atoms with Gasteiger partial charge in [-0.3, -0.25) is 14.4 Å². The molecule has 6 rings (SSSR count). The van der Waals surface area contributed by atoms with Crippen LogP contribution in [0, 0.1) is 40.4 Å². The van der Waals surface area contributed by atoms with Crippen molar-refractivity contribution >= 4 is 29.7 Å². The Morgan fingerprint density at radius 1 is 1.02 bits per heavy atom. The summed E-state index contributed by atoms with van der Waals surface area (Å²) in [4.78, 5) is 64.0. The van der Waals surface area contributed by atoms with E-state index in [9.17, 15) is 29.1 Å². The first-order chi connectivity index (χ1) is 20.6. The number of ketones is 1. The first-order valence-electron chi connectivity index (χ1n) is 15.7. The molecule has 1 N–H and O–H groups in total. The maximum Gasteiger partial charge on any atom is 0.334 e. The van der Waals surface area contributed by atoms with Gasteiger partial charge in [-0.25, -0.2) is 4.79 Å². The van der Waals surface area contributed by atoms with Gasteiger partial charge in [0.25, 0.3) is 0 Å². The van der Waals surface area contributed by atoms with Crippen molar-refractivity contribution in [2.75, 3.05) is 0 Å². The summed E-state index contributed by atoms with van der Waals surface area (Å²) < 4.78 is 24.0. The summed E-state index contributed by atoms with van der Waals surface area (Å²) in [7, 11) is 0. The highest BCUT2D eigenvalue weighted by atomic mass is 16.6. The van der Waals surface area contributed by atoms with Gasteiger partial charge >= 0.3 is 23.9 Å². The fourth-order valence-electron chi connectivity index (χ4n) is 10.2. The lowest BCUT2D eigenvalue weighted by atomic mass is 9.57. The molecule has 0 radical (unpaired) electrons. The Kier molecular flexibility index (Phi) is 7.26. The molecule has 2 saturated carbocycles. The number of carbonyl (C=O) groups excluding carboxylic acids is 5. The van der Waals surface area contributed by atoms with Gasteiger partial charge in [-0.05, 0) is 63.0 Å². The molecule has 238 valence electrons. The van der Waals surface area contributed by atoms with Gasteiger partial charge in [0.1, 0.15) is 30.2 Å². The molecule has 0 amide bonds. The zero-order chi connectivity index (χ0) is 32.0. The van der Waals surface area contributed by atoms with Crippen molar-refractivity contribution in [2.24, 2.45) is 40.4 Å². The van der Waals surface area contributed by atoms with Crippen molar-refractivity contribution in [3.63, 3.8) is 0 Å². The first kappa shape index (κ1) is 30.7. The molecular formula is C34H42O10. The monoisotopic (exact) mass is 610 g/mol. The summed E-state index contributed by atoms with van der Waals surface area (Å²) in [6.45, 7) is 14.0. The average Bonchev–Trinajstić information content (AvgIpc) is 3.48. The van der Waals surface area contributed by atoms with Crippen LogP contribution in [0.1, 0.15) is 73.6 Å². The molecule has 44 heavy (non-hydrogen) atoms. The highest BCUT2D eigenvalue weighted by Gasteiger charge is 2.80. The number of Topliss-reactive ketones (excluding diaryl/α,β-unsaturated/α-hetero) is 1. The van der Waals surface area contributed by atoms with E-state index in [2.05, 4.69) is 6.58 Å². The van der Waals surface area contributed by atoms with Gasteiger partial charge in [-0.2, -0.15) is 0 Å². The highest BCUT2D eigenvalue weighted by Crippen LogP contribution is 2.75. The minimum absolute atomic E-state index is 0.0303. The Morgan fingerprint density at radius 2 is 1.70 bits per heavy atom. The molecule has 0 aromatic rings. The number of aliphatic hydroxyl groups excluding tert-OH is 1. The quantitative estimate of drug-likeness (QED) is 0.213. The van der Waals surface area contributed by atoms with Crippen molar-refractivity contribution in [2.45, 2.75) is 104 Å². The zero-order valence-electron chi connectivity index (χ0n) is 26.2. The van der Waals surface area contributed by atoms with Crippen LogP contribution in [0.2, 0.25) is 0 Å². The first-order valence-corrected chi connectivity index (χ1v) is 15.7. The van der Waals surface area contributed by atoms with Crippen LogP contribution in [0.4, 0.5) is 0 Å². The summed E-state index contributed by atoms with van der Waals surface area (Å²) in [5.74, 6) is -4.08. The molecule has 12 atom stereocenters. The smallest absolute Gasteiger partial charge is 0.334 e. The fourth-order valence-corrected chi connectivity index (χ4v) is 10.2. The van der Waals surface area contributed by atoms with Gasteiger partial charge in [-0.15, -0.1) is 0 Å². The Bertz CT molecular complexity index is 1420. The molecule has 10 heteroatoms. The Hall–Kier alpha value is -3.27. The topological polar surface area (TPSA) is 143 Å². The fraction of sp³-hybridized carbons (Fsp3) is 0.676. The second-order valence-electron chi connectivity index (χ2n) is 14.1. The summed E-state index contributed by atoms with van der Waals surface area (Å²) >= 11 is 0. The van der Waals surface area contributed by atoms with E-state index in [-0.39, 0.29) is 29.6 Å². The molecule has 2 aliphatic heterocycles. The molecular weight excluding hydrogens is 568 g/mol. The summed E-state index contributed by atoms with van der Waals surface area (Å²) in [6.07, 6.45) is -0.0339. The average molecular weight is 611 g/mol. The van der Waals surface area contributed by atoms with Crippen LogP contribution in [0.3, 0.4) is 0 Å². The van der Waals surface area contributed by atoms with Crippen molar-refractivity contribution in [1.82, 2.24) is 0 Å². The molecule has 10 nitrogen and oxygen atoms in total. The van der Waals surface area contributed by atoms with E-state index in [0.717, 1.165) is 11.1 Å². The van der Waals surface area contributed by atoms with Crippen LogP contribution in [0.25, 0.3) is 0 Å². The van der Waals surface area contributed by atoms with Crippen LogP contribution in [-0.2, 0) is 42.9 Å². The van der Waals surface area contributed by atoms with E-state index in [4.69, 9.17) is 18.9 Å². The molecule has 2 saturated heterocycles. The number of allylic oxidation sites excluding steroid dienone is 1. The third-order valence-electron chi connectivity index (χ3n) is 11.7. The number of hydrogen-bond acceptors (Lipinski definition) is 10. The molecule has 6 aliphatic rings. The number of hydrogen-bond donors (Lipinski definition) is 1. The van der Waals surface area contributed by atoms with Gasteiger partial charge in [0, 0.05) is 37.2 Å². The lowest BCUT2D eigenvalue weighted by Gasteiger charge is -2.44. The molecule has 4 aliphatic carbocycles. The van der Waals surface area contributed by atoms with Gasteiger partial charge < -0.3 is 28.8 Å². The lowest BCUT2D eigenvalue weighted by Crippen LogP contribution is -2.48. The minimum atomic E-state index is -1.22. The van der Waals surface area contributed by atoms with Gasteiger partial charge in [0.2, 0.25) is 0 Å². The molecule has 2 heterocycles. The third kappa shape index (κ3) is 4.12. The Morgan fingerprint density at radius 3 is 2.34 bits per heavy atom. The third-order valence-corrected chi connectivity index (χ3v) is 11.7. The molecule has 0 aromatic heterocycles. The number of fused-ring (bicyclic) bond motifs is 5. The van der Waals surface area contributed by atoms with Crippen LogP contribution in [0.5, 0.6) is 0 Å². The van der Waals surface area contributed by atoms with E-state index < -0.39 is 83.0 Å². The largest absolute Gasteiger partial charge is 0.461 e. The van der Waals surface area contributed by atoms with Crippen molar-refractivity contribution in [1.29, 1.82) is 0 Å². The van der Waals surface area contributed by atoms with E-state index in [1.165, 1.54) is 13.8 Å². The summed E-state index contributed by atoms with van der Waals surface area (Å²) in [5, 5.41) is 12.0. The van der Waals surface area contributed by atoms with Gasteiger partial charge in [0.15, 0.2) is 0 Å². The number of esters is 4. The second kappa shape index (κ2) is 10.4. The van der Waals surface area contributed by atoms with E-state index in [1.807, 2.05) is 26.8 Å². The number of ether oxygens (including phenoxy) is 4. The molecule has 0 unspecified atom stereocenters. The molecule has 2 spiro atoms.